The van der Waals surface area contributed by atoms with Crippen LogP contribution in [0.1, 0.15) is 30.0 Å². The third-order valence-corrected chi connectivity index (χ3v) is 5.01. The minimum atomic E-state index is -0.723. The summed E-state index contributed by atoms with van der Waals surface area (Å²) in [4.78, 5) is 13.8. The molecule has 1 aliphatic rings. The molecule has 1 aliphatic heterocycles. The molecule has 0 amide bonds. The van der Waals surface area contributed by atoms with Crippen molar-refractivity contribution in [3.05, 3.63) is 59.7 Å². The summed E-state index contributed by atoms with van der Waals surface area (Å²) < 4.78 is 11.0. The average Bonchev–Trinajstić information content (AvgIpc) is 2.69. The van der Waals surface area contributed by atoms with Crippen LogP contribution in [0, 0.1) is 5.92 Å². The van der Waals surface area contributed by atoms with Crippen LogP contribution in [0.5, 0.6) is 11.5 Å². The summed E-state index contributed by atoms with van der Waals surface area (Å²) >= 11 is 0. The zero-order valence-electron chi connectivity index (χ0n) is 15.2. The molecule has 5 heteroatoms. The van der Waals surface area contributed by atoms with Crippen LogP contribution in [-0.4, -0.2) is 43.3 Å². The molecule has 1 heterocycles. The minimum absolute atomic E-state index is 0.0802. The molecule has 1 saturated heterocycles. The van der Waals surface area contributed by atoms with Crippen molar-refractivity contribution in [3.63, 3.8) is 0 Å². The lowest BCUT2D eigenvalue weighted by Gasteiger charge is -2.38. The smallest absolute Gasteiger partial charge is 0.307 e. The minimum Gasteiger partial charge on any atom is -0.497 e. The van der Waals surface area contributed by atoms with Gasteiger partial charge < -0.3 is 14.6 Å². The summed E-state index contributed by atoms with van der Waals surface area (Å²) in [5.74, 6) is 0.469. The third kappa shape index (κ3) is 3.83. The molecular formula is C21H25NO4. The second-order valence-corrected chi connectivity index (χ2v) is 6.59. The molecule has 0 aromatic heterocycles. The maximum absolute atomic E-state index is 11.5. The summed E-state index contributed by atoms with van der Waals surface area (Å²) in [7, 11) is 3.30. The lowest BCUT2D eigenvalue weighted by atomic mass is 9.91. The zero-order chi connectivity index (χ0) is 18.5. The standard InChI is InChI=1S/C21H25NO4/c1-25-17-10-11-19(26-2)18(13-17)20(15-7-4-3-5-8-15)22-12-6-9-16(14-22)21(23)24/h3-5,7-8,10-11,13,16,20H,6,9,12,14H2,1-2H3,(H,23,24). The highest BCUT2D eigenvalue weighted by Crippen LogP contribution is 2.38. The van der Waals surface area contributed by atoms with Gasteiger partial charge in [-0.2, -0.15) is 0 Å². The van der Waals surface area contributed by atoms with E-state index in [0.717, 1.165) is 42.0 Å². The van der Waals surface area contributed by atoms with E-state index in [9.17, 15) is 9.90 Å². The number of carbonyl (C=O) groups is 1. The Bertz CT molecular complexity index is 747. The Morgan fingerprint density at radius 2 is 1.92 bits per heavy atom. The van der Waals surface area contributed by atoms with Gasteiger partial charge in [-0.3, -0.25) is 9.69 Å². The number of piperidine rings is 1. The zero-order valence-corrected chi connectivity index (χ0v) is 15.2. The molecule has 1 N–H and O–H groups in total. The predicted octanol–water partition coefficient (Wildman–Crippen LogP) is 3.59. The molecule has 2 atom stereocenters. The lowest BCUT2D eigenvalue weighted by molar-refractivity contribution is -0.143. The topological polar surface area (TPSA) is 59.0 Å². The lowest BCUT2D eigenvalue weighted by Crippen LogP contribution is -2.41. The molecule has 138 valence electrons. The van der Waals surface area contributed by atoms with Gasteiger partial charge in [0.05, 0.1) is 26.2 Å². The first-order valence-electron chi connectivity index (χ1n) is 8.87. The largest absolute Gasteiger partial charge is 0.497 e. The van der Waals surface area contributed by atoms with Gasteiger partial charge in [-0.25, -0.2) is 0 Å². The molecule has 0 saturated carbocycles. The number of carboxylic acid groups (broad SMARTS) is 1. The molecule has 0 aliphatic carbocycles. The Balaban J connectivity index is 2.06. The molecular weight excluding hydrogens is 330 g/mol. The van der Waals surface area contributed by atoms with Crippen LogP contribution in [0.25, 0.3) is 0 Å². The summed E-state index contributed by atoms with van der Waals surface area (Å²) in [6.07, 6.45) is 1.59. The summed E-state index contributed by atoms with van der Waals surface area (Å²) in [6, 6.07) is 15.8. The second kappa shape index (κ2) is 8.23. The SMILES string of the molecule is COc1ccc(OC)c(C(c2ccccc2)N2CCCC(C(=O)O)C2)c1. The molecule has 3 rings (SSSR count). The van der Waals surface area contributed by atoms with Gasteiger partial charge in [-0.1, -0.05) is 30.3 Å². The fraction of sp³-hybridized carbons (Fsp3) is 0.381. The Morgan fingerprint density at radius 3 is 2.58 bits per heavy atom. The van der Waals surface area contributed by atoms with Crippen LogP contribution in [0.4, 0.5) is 0 Å². The van der Waals surface area contributed by atoms with Crippen LogP contribution in [0.2, 0.25) is 0 Å². The van der Waals surface area contributed by atoms with E-state index in [-0.39, 0.29) is 12.0 Å². The normalized spacial score (nSPS) is 18.9. The van der Waals surface area contributed by atoms with Crippen molar-refractivity contribution in [3.8, 4) is 11.5 Å². The molecule has 2 aromatic carbocycles. The number of hydrogen-bond acceptors (Lipinski definition) is 4. The van der Waals surface area contributed by atoms with Gasteiger partial charge in [-0.05, 0) is 43.1 Å². The Labute approximate surface area is 154 Å². The van der Waals surface area contributed by atoms with E-state index in [1.165, 1.54) is 0 Å². The molecule has 2 aromatic rings. The van der Waals surface area contributed by atoms with Gasteiger partial charge in [-0.15, -0.1) is 0 Å². The van der Waals surface area contributed by atoms with E-state index in [1.807, 2.05) is 36.4 Å². The van der Waals surface area contributed by atoms with Crippen LogP contribution < -0.4 is 9.47 Å². The van der Waals surface area contributed by atoms with E-state index in [0.29, 0.717) is 6.54 Å². The third-order valence-electron chi connectivity index (χ3n) is 5.01. The first-order valence-corrected chi connectivity index (χ1v) is 8.87. The number of carboxylic acids is 1. The number of aliphatic carboxylic acids is 1. The van der Waals surface area contributed by atoms with Crippen molar-refractivity contribution in [1.29, 1.82) is 0 Å². The quantitative estimate of drug-likeness (QED) is 0.858. The van der Waals surface area contributed by atoms with Crippen molar-refractivity contribution in [1.82, 2.24) is 4.90 Å². The first kappa shape index (κ1) is 18.3. The van der Waals surface area contributed by atoms with Gasteiger partial charge in [0, 0.05) is 12.1 Å². The van der Waals surface area contributed by atoms with Crippen molar-refractivity contribution >= 4 is 5.97 Å². The number of benzene rings is 2. The summed E-state index contributed by atoms with van der Waals surface area (Å²) in [6.45, 7) is 1.37. The van der Waals surface area contributed by atoms with Crippen molar-refractivity contribution in [2.45, 2.75) is 18.9 Å². The van der Waals surface area contributed by atoms with E-state index in [1.54, 1.807) is 14.2 Å². The van der Waals surface area contributed by atoms with Crippen molar-refractivity contribution in [2.24, 2.45) is 5.92 Å². The molecule has 0 bridgehead atoms. The van der Waals surface area contributed by atoms with Gasteiger partial charge in [0.25, 0.3) is 0 Å². The van der Waals surface area contributed by atoms with Crippen LogP contribution >= 0.6 is 0 Å². The number of methoxy groups -OCH3 is 2. The fourth-order valence-electron chi connectivity index (χ4n) is 3.72. The van der Waals surface area contributed by atoms with Gasteiger partial charge in [0.1, 0.15) is 11.5 Å². The molecule has 1 fully saturated rings. The maximum Gasteiger partial charge on any atom is 0.307 e. The Kier molecular flexibility index (Phi) is 5.78. The van der Waals surface area contributed by atoms with Gasteiger partial charge in [0.15, 0.2) is 0 Å². The summed E-state index contributed by atoms with van der Waals surface area (Å²) in [5.41, 5.74) is 2.11. The number of nitrogens with zero attached hydrogens (tertiary/aromatic N) is 1. The van der Waals surface area contributed by atoms with Crippen LogP contribution in [0.15, 0.2) is 48.5 Å². The van der Waals surface area contributed by atoms with Crippen molar-refractivity contribution < 1.29 is 19.4 Å². The Morgan fingerprint density at radius 1 is 1.15 bits per heavy atom. The highest BCUT2D eigenvalue weighted by atomic mass is 16.5. The highest BCUT2D eigenvalue weighted by molar-refractivity contribution is 5.70. The predicted molar refractivity (Wildman–Crippen MR) is 99.8 cm³/mol. The molecule has 0 spiro atoms. The number of rotatable bonds is 6. The average molecular weight is 355 g/mol. The van der Waals surface area contributed by atoms with Crippen molar-refractivity contribution in [2.75, 3.05) is 27.3 Å². The maximum atomic E-state index is 11.5. The van der Waals surface area contributed by atoms with Gasteiger partial charge >= 0.3 is 5.97 Å². The molecule has 0 radical (unpaired) electrons. The highest BCUT2D eigenvalue weighted by Gasteiger charge is 2.32. The number of ether oxygens (including phenoxy) is 2. The first-order chi connectivity index (χ1) is 12.6. The number of hydrogen-bond donors (Lipinski definition) is 1. The fourth-order valence-corrected chi connectivity index (χ4v) is 3.72. The van der Waals surface area contributed by atoms with E-state index in [2.05, 4.69) is 17.0 Å². The molecule has 5 nitrogen and oxygen atoms in total. The monoisotopic (exact) mass is 355 g/mol. The van der Waals surface area contributed by atoms with E-state index < -0.39 is 5.97 Å². The molecule has 2 unspecified atom stereocenters. The van der Waals surface area contributed by atoms with Crippen LogP contribution in [0.3, 0.4) is 0 Å². The summed E-state index contributed by atoms with van der Waals surface area (Å²) in [5, 5.41) is 9.49. The molecule has 26 heavy (non-hydrogen) atoms. The van der Waals surface area contributed by atoms with E-state index in [4.69, 9.17) is 9.47 Å². The van der Waals surface area contributed by atoms with Gasteiger partial charge in [0.2, 0.25) is 0 Å². The Hall–Kier alpha value is -2.53. The number of likely N-dealkylation sites (tertiary alicyclic amines) is 1. The second-order valence-electron chi connectivity index (χ2n) is 6.59. The van der Waals surface area contributed by atoms with E-state index >= 15 is 0 Å². The van der Waals surface area contributed by atoms with Crippen LogP contribution in [-0.2, 0) is 4.79 Å².